The second-order valence-corrected chi connectivity index (χ2v) is 3.45. The van der Waals surface area contributed by atoms with E-state index < -0.39 is 0 Å². The van der Waals surface area contributed by atoms with Crippen LogP contribution in [0.2, 0.25) is 0 Å². The van der Waals surface area contributed by atoms with E-state index in [0.29, 0.717) is 5.75 Å². The highest BCUT2D eigenvalue weighted by molar-refractivity contribution is 7.80. The molecular formula is C9H9FOS. The summed E-state index contributed by atoms with van der Waals surface area (Å²) in [6.07, 6.45) is 2.31. The van der Waals surface area contributed by atoms with E-state index in [1.165, 1.54) is 6.07 Å². The van der Waals surface area contributed by atoms with Gasteiger partial charge in [0.2, 0.25) is 0 Å². The Kier molecular flexibility index (Phi) is 1.97. The third-order valence-corrected chi connectivity index (χ3v) is 2.01. The fourth-order valence-corrected chi connectivity index (χ4v) is 1.14. The van der Waals surface area contributed by atoms with Crippen LogP contribution in [0.15, 0.2) is 23.1 Å². The molecule has 1 aliphatic rings. The minimum atomic E-state index is -0.306. The predicted octanol–water partition coefficient (Wildman–Crippen LogP) is 2.66. The molecule has 1 nitrogen and oxygen atoms in total. The van der Waals surface area contributed by atoms with Crippen LogP contribution in [0.3, 0.4) is 0 Å². The van der Waals surface area contributed by atoms with Crippen molar-refractivity contribution in [2.75, 3.05) is 0 Å². The maximum absolute atomic E-state index is 13.0. The van der Waals surface area contributed by atoms with Crippen LogP contribution in [-0.4, -0.2) is 6.10 Å². The highest BCUT2D eigenvalue weighted by Crippen LogP contribution is 2.29. The van der Waals surface area contributed by atoms with E-state index in [9.17, 15) is 4.39 Å². The number of hydrogen-bond donors (Lipinski definition) is 1. The zero-order valence-electron chi connectivity index (χ0n) is 6.46. The lowest BCUT2D eigenvalue weighted by Crippen LogP contribution is -1.97. The van der Waals surface area contributed by atoms with E-state index >= 15 is 0 Å². The van der Waals surface area contributed by atoms with Gasteiger partial charge in [-0.2, -0.15) is 0 Å². The van der Waals surface area contributed by atoms with E-state index in [1.807, 2.05) is 0 Å². The van der Waals surface area contributed by atoms with Crippen molar-refractivity contribution in [3.05, 3.63) is 24.0 Å². The van der Waals surface area contributed by atoms with Crippen molar-refractivity contribution in [3.8, 4) is 5.75 Å². The molecule has 0 heterocycles. The lowest BCUT2D eigenvalue weighted by atomic mass is 10.3. The van der Waals surface area contributed by atoms with Crippen LogP contribution < -0.4 is 4.74 Å². The van der Waals surface area contributed by atoms with Gasteiger partial charge >= 0.3 is 0 Å². The zero-order valence-corrected chi connectivity index (χ0v) is 7.35. The van der Waals surface area contributed by atoms with Gasteiger partial charge in [0.05, 0.1) is 6.10 Å². The summed E-state index contributed by atoms with van der Waals surface area (Å²) in [5, 5.41) is 0. The van der Waals surface area contributed by atoms with Gasteiger partial charge < -0.3 is 4.74 Å². The second kappa shape index (κ2) is 2.98. The van der Waals surface area contributed by atoms with Crippen molar-refractivity contribution >= 4 is 12.6 Å². The van der Waals surface area contributed by atoms with Crippen LogP contribution in [0, 0.1) is 5.82 Å². The lowest BCUT2D eigenvalue weighted by Gasteiger charge is -2.05. The minimum absolute atomic E-state index is 0.231. The van der Waals surface area contributed by atoms with E-state index in [0.717, 1.165) is 17.7 Å². The van der Waals surface area contributed by atoms with Gasteiger partial charge in [-0.15, -0.1) is 12.6 Å². The first kappa shape index (κ1) is 7.92. The van der Waals surface area contributed by atoms with Gasteiger partial charge in [-0.1, -0.05) is 0 Å². The Morgan fingerprint density at radius 3 is 2.83 bits per heavy atom. The number of rotatable bonds is 2. The smallest absolute Gasteiger partial charge is 0.165 e. The maximum atomic E-state index is 13.0. The Balaban J connectivity index is 2.21. The number of ether oxygens (including phenoxy) is 1. The molecule has 64 valence electrons. The third kappa shape index (κ3) is 1.72. The molecule has 0 radical (unpaired) electrons. The summed E-state index contributed by atoms with van der Waals surface area (Å²) < 4.78 is 18.3. The number of benzene rings is 1. The van der Waals surface area contributed by atoms with Gasteiger partial charge in [-0.05, 0) is 31.0 Å². The van der Waals surface area contributed by atoms with Gasteiger partial charge in [0.15, 0.2) is 11.6 Å². The highest BCUT2D eigenvalue weighted by Gasteiger charge is 2.24. The molecule has 1 aliphatic carbocycles. The molecule has 1 aromatic rings. The van der Waals surface area contributed by atoms with Crippen LogP contribution in [-0.2, 0) is 0 Å². The number of hydrogen-bond acceptors (Lipinski definition) is 2. The predicted molar refractivity (Wildman–Crippen MR) is 47.3 cm³/mol. The first-order valence-electron chi connectivity index (χ1n) is 3.91. The van der Waals surface area contributed by atoms with Gasteiger partial charge in [-0.25, -0.2) is 4.39 Å². The molecule has 0 aromatic heterocycles. The van der Waals surface area contributed by atoms with Crippen molar-refractivity contribution < 1.29 is 9.13 Å². The summed E-state index contributed by atoms with van der Waals surface area (Å²) in [7, 11) is 0. The Bertz CT molecular complexity index is 297. The van der Waals surface area contributed by atoms with Crippen LogP contribution >= 0.6 is 12.6 Å². The van der Waals surface area contributed by atoms with Crippen LogP contribution in [0.5, 0.6) is 5.75 Å². The Labute approximate surface area is 76.0 Å². The molecule has 2 rings (SSSR count). The molecule has 0 unspecified atom stereocenters. The maximum Gasteiger partial charge on any atom is 0.165 e. The molecule has 1 aromatic carbocycles. The van der Waals surface area contributed by atoms with E-state index in [-0.39, 0.29) is 11.9 Å². The summed E-state index contributed by atoms with van der Waals surface area (Å²) >= 11 is 4.10. The standard InChI is InChI=1S/C9H9FOS/c10-8-4-3-7(12)5-9(8)11-6-1-2-6/h3-6,12H,1-2H2. The van der Waals surface area contributed by atoms with Crippen molar-refractivity contribution in [1.29, 1.82) is 0 Å². The highest BCUT2D eigenvalue weighted by atomic mass is 32.1. The quantitative estimate of drug-likeness (QED) is 0.695. The summed E-state index contributed by atoms with van der Waals surface area (Å²) in [6, 6.07) is 4.59. The summed E-state index contributed by atoms with van der Waals surface area (Å²) in [4.78, 5) is 0.729. The summed E-state index contributed by atoms with van der Waals surface area (Å²) in [5.41, 5.74) is 0. The normalized spacial score (nSPS) is 16.2. The second-order valence-electron chi connectivity index (χ2n) is 2.93. The molecule has 1 fully saturated rings. The van der Waals surface area contributed by atoms with E-state index in [2.05, 4.69) is 12.6 Å². The molecule has 0 atom stereocenters. The Morgan fingerprint density at radius 1 is 1.42 bits per heavy atom. The largest absolute Gasteiger partial charge is 0.487 e. The van der Waals surface area contributed by atoms with Gasteiger partial charge in [0.25, 0.3) is 0 Å². The first-order valence-corrected chi connectivity index (χ1v) is 4.35. The van der Waals surface area contributed by atoms with Crippen LogP contribution in [0.1, 0.15) is 12.8 Å². The molecule has 12 heavy (non-hydrogen) atoms. The van der Waals surface area contributed by atoms with E-state index in [4.69, 9.17) is 4.74 Å². The fourth-order valence-electron chi connectivity index (χ4n) is 0.948. The Morgan fingerprint density at radius 2 is 2.17 bits per heavy atom. The summed E-state index contributed by atoms with van der Waals surface area (Å²) in [6.45, 7) is 0. The Hall–Kier alpha value is -0.700. The molecule has 0 bridgehead atoms. The molecule has 0 aliphatic heterocycles. The molecule has 1 saturated carbocycles. The first-order chi connectivity index (χ1) is 5.75. The van der Waals surface area contributed by atoms with E-state index in [1.54, 1.807) is 12.1 Å². The lowest BCUT2D eigenvalue weighted by molar-refractivity contribution is 0.287. The number of halogens is 1. The SMILES string of the molecule is Fc1ccc(S)cc1OC1CC1. The van der Waals surface area contributed by atoms with Crippen molar-refractivity contribution in [2.24, 2.45) is 0 Å². The molecule has 0 saturated heterocycles. The third-order valence-electron chi connectivity index (χ3n) is 1.73. The molecule has 0 N–H and O–H groups in total. The molecule has 0 spiro atoms. The van der Waals surface area contributed by atoms with Crippen LogP contribution in [0.25, 0.3) is 0 Å². The van der Waals surface area contributed by atoms with Gasteiger partial charge in [-0.3, -0.25) is 0 Å². The topological polar surface area (TPSA) is 9.23 Å². The molecule has 3 heteroatoms. The molecular weight excluding hydrogens is 175 g/mol. The fraction of sp³-hybridized carbons (Fsp3) is 0.333. The molecule has 0 amide bonds. The zero-order chi connectivity index (χ0) is 8.55. The van der Waals surface area contributed by atoms with Crippen LogP contribution in [0.4, 0.5) is 4.39 Å². The van der Waals surface area contributed by atoms with Crippen molar-refractivity contribution in [3.63, 3.8) is 0 Å². The van der Waals surface area contributed by atoms with Crippen molar-refractivity contribution in [1.82, 2.24) is 0 Å². The minimum Gasteiger partial charge on any atom is -0.487 e. The average molecular weight is 184 g/mol. The summed E-state index contributed by atoms with van der Waals surface area (Å²) in [5.74, 6) is 0.0182. The number of thiol groups is 1. The van der Waals surface area contributed by atoms with Crippen molar-refractivity contribution in [2.45, 2.75) is 23.8 Å². The van der Waals surface area contributed by atoms with Gasteiger partial charge in [0, 0.05) is 4.90 Å². The average Bonchev–Trinajstić information content (AvgIpc) is 2.81. The van der Waals surface area contributed by atoms with Gasteiger partial charge in [0.1, 0.15) is 0 Å². The monoisotopic (exact) mass is 184 g/mol.